The van der Waals surface area contributed by atoms with E-state index in [0.717, 1.165) is 16.8 Å². The zero-order valence-electron chi connectivity index (χ0n) is 6.91. The topological polar surface area (TPSA) is 38.3 Å². The zero-order valence-corrected chi connectivity index (χ0v) is 8.48. The van der Waals surface area contributed by atoms with Crippen molar-refractivity contribution >= 4 is 33.5 Å². The van der Waals surface area contributed by atoms with Gasteiger partial charge in [-0.2, -0.15) is 0 Å². The van der Waals surface area contributed by atoms with Crippen LogP contribution in [0.1, 0.15) is 10.4 Å². The highest BCUT2D eigenvalue weighted by Gasteiger charge is 2.03. The fourth-order valence-electron chi connectivity index (χ4n) is 0.837. The van der Waals surface area contributed by atoms with Crippen LogP contribution in [0, 0.1) is 0 Å². The highest BCUT2D eigenvalue weighted by atomic mass is 35.7. The molecule has 1 N–H and O–H groups in total. The smallest absolute Gasteiger partial charge is 0.337 e. The molecule has 1 aromatic rings. The van der Waals surface area contributed by atoms with E-state index in [4.69, 9.17) is 10.7 Å². The van der Waals surface area contributed by atoms with Crippen molar-refractivity contribution in [2.45, 2.75) is 0 Å². The van der Waals surface area contributed by atoms with Gasteiger partial charge in [0.1, 0.15) is 0 Å². The Morgan fingerprint density at radius 3 is 2.54 bits per heavy atom. The van der Waals surface area contributed by atoms with Crippen LogP contribution in [-0.4, -0.2) is 13.1 Å². The average Bonchev–Trinajstić information content (AvgIpc) is 2.18. The highest BCUT2D eigenvalue weighted by molar-refractivity contribution is 8.22. The summed E-state index contributed by atoms with van der Waals surface area (Å²) in [6.45, 7) is 0. The fourth-order valence-corrected chi connectivity index (χ4v) is 1.33. The lowest BCUT2D eigenvalue weighted by molar-refractivity contribution is 0.0601. The van der Waals surface area contributed by atoms with Gasteiger partial charge in [-0.05, 0) is 34.9 Å². The van der Waals surface area contributed by atoms with Crippen molar-refractivity contribution in [1.82, 2.24) is 0 Å². The molecule has 0 heterocycles. The van der Waals surface area contributed by atoms with E-state index in [0.29, 0.717) is 5.56 Å². The summed E-state index contributed by atoms with van der Waals surface area (Å²) in [6.07, 6.45) is 0. The number of nitrogens with one attached hydrogen (secondary N) is 1. The second kappa shape index (κ2) is 4.99. The van der Waals surface area contributed by atoms with Crippen LogP contribution in [0.25, 0.3) is 0 Å². The lowest BCUT2D eigenvalue weighted by Gasteiger charge is -2.01. The van der Waals surface area contributed by atoms with E-state index in [1.54, 1.807) is 24.3 Å². The molecule has 0 radical (unpaired) electrons. The average molecular weight is 218 g/mol. The van der Waals surface area contributed by atoms with Gasteiger partial charge in [0.2, 0.25) is 0 Å². The molecule has 0 fully saturated rings. The lowest BCUT2D eigenvalue weighted by atomic mass is 10.2. The number of ether oxygens (including phenoxy) is 1. The Morgan fingerprint density at radius 2 is 2.08 bits per heavy atom. The Kier molecular flexibility index (Phi) is 3.92. The van der Waals surface area contributed by atoms with Crippen molar-refractivity contribution in [3.05, 3.63) is 29.8 Å². The van der Waals surface area contributed by atoms with Gasteiger partial charge in [-0.1, -0.05) is 0 Å². The standard InChI is InChI=1S/C8H8ClNO2S/c1-12-8(11)6-2-4-7(5-3-6)10-13-9/h2-5,10H,1H3. The largest absolute Gasteiger partial charge is 0.465 e. The zero-order chi connectivity index (χ0) is 9.68. The Hall–Kier alpha value is -0.870. The molecule has 1 rings (SSSR count). The molecule has 70 valence electrons. The summed E-state index contributed by atoms with van der Waals surface area (Å²) in [5.41, 5.74) is 1.36. The van der Waals surface area contributed by atoms with Gasteiger partial charge in [-0.3, -0.25) is 0 Å². The van der Waals surface area contributed by atoms with E-state index in [-0.39, 0.29) is 5.97 Å². The molecule has 0 aromatic heterocycles. The van der Waals surface area contributed by atoms with Crippen LogP contribution in [0.3, 0.4) is 0 Å². The Balaban J connectivity index is 2.75. The number of rotatable bonds is 3. The lowest BCUT2D eigenvalue weighted by Crippen LogP contribution is -2.00. The Labute approximate surface area is 85.1 Å². The maximum Gasteiger partial charge on any atom is 0.337 e. The van der Waals surface area contributed by atoms with Crippen molar-refractivity contribution in [2.75, 3.05) is 11.8 Å². The van der Waals surface area contributed by atoms with Gasteiger partial charge in [0.05, 0.1) is 23.8 Å². The molecule has 0 amide bonds. The molecule has 0 aliphatic heterocycles. The fraction of sp³-hybridized carbons (Fsp3) is 0.125. The first-order chi connectivity index (χ1) is 6.27. The first kappa shape index (κ1) is 10.2. The molecule has 0 saturated heterocycles. The molecule has 0 aliphatic rings. The Morgan fingerprint density at radius 1 is 1.46 bits per heavy atom. The SMILES string of the molecule is COC(=O)c1ccc(NSCl)cc1. The Bertz CT molecular complexity index is 289. The first-order valence-corrected chi connectivity index (χ1v) is 5.14. The van der Waals surface area contributed by atoms with Gasteiger partial charge in [0.15, 0.2) is 0 Å². The molecule has 5 heteroatoms. The van der Waals surface area contributed by atoms with E-state index >= 15 is 0 Å². The third kappa shape index (κ3) is 2.82. The van der Waals surface area contributed by atoms with Crippen molar-refractivity contribution < 1.29 is 9.53 Å². The van der Waals surface area contributed by atoms with Crippen LogP contribution in [-0.2, 0) is 4.74 Å². The minimum Gasteiger partial charge on any atom is -0.465 e. The second-order valence-electron chi connectivity index (χ2n) is 2.25. The van der Waals surface area contributed by atoms with Crippen LogP contribution >= 0.6 is 21.8 Å². The summed E-state index contributed by atoms with van der Waals surface area (Å²) in [6, 6.07) is 6.84. The molecular formula is C8H8ClNO2S. The number of hydrogen-bond acceptors (Lipinski definition) is 4. The van der Waals surface area contributed by atoms with Crippen molar-refractivity contribution in [2.24, 2.45) is 0 Å². The van der Waals surface area contributed by atoms with E-state index in [2.05, 4.69) is 9.46 Å². The third-order valence-corrected chi connectivity index (χ3v) is 2.01. The number of methoxy groups -OCH3 is 1. The monoisotopic (exact) mass is 217 g/mol. The minimum absolute atomic E-state index is 0.343. The van der Waals surface area contributed by atoms with Gasteiger partial charge in [0, 0.05) is 5.69 Å². The minimum atomic E-state index is -0.343. The summed E-state index contributed by atoms with van der Waals surface area (Å²) in [4.78, 5) is 11.0. The molecule has 13 heavy (non-hydrogen) atoms. The van der Waals surface area contributed by atoms with E-state index < -0.39 is 0 Å². The third-order valence-electron chi connectivity index (χ3n) is 1.46. The molecule has 0 spiro atoms. The summed E-state index contributed by atoms with van der Waals surface area (Å²) in [5, 5.41) is 0. The maximum absolute atomic E-state index is 11.0. The number of hydrogen-bond donors (Lipinski definition) is 1. The summed E-state index contributed by atoms with van der Waals surface area (Å²) >= 11 is 0.981. The number of carbonyl (C=O) groups excluding carboxylic acids is 1. The summed E-state index contributed by atoms with van der Waals surface area (Å²) < 4.78 is 7.37. The van der Waals surface area contributed by atoms with Crippen LogP contribution in [0.4, 0.5) is 5.69 Å². The van der Waals surface area contributed by atoms with Gasteiger partial charge in [-0.25, -0.2) is 4.79 Å². The number of anilines is 1. The molecule has 0 atom stereocenters. The predicted molar refractivity (Wildman–Crippen MR) is 54.8 cm³/mol. The van der Waals surface area contributed by atoms with E-state index in [9.17, 15) is 4.79 Å². The van der Waals surface area contributed by atoms with Crippen LogP contribution < -0.4 is 4.72 Å². The van der Waals surface area contributed by atoms with Gasteiger partial charge in [-0.15, -0.1) is 0 Å². The maximum atomic E-state index is 11.0. The van der Waals surface area contributed by atoms with Gasteiger partial charge >= 0.3 is 5.97 Å². The van der Waals surface area contributed by atoms with E-state index in [1.165, 1.54) is 7.11 Å². The van der Waals surface area contributed by atoms with Crippen LogP contribution in [0.15, 0.2) is 24.3 Å². The van der Waals surface area contributed by atoms with Crippen LogP contribution in [0.5, 0.6) is 0 Å². The van der Waals surface area contributed by atoms with E-state index in [1.807, 2.05) is 0 Å². The second-order valence-corrected chi connectivity index (χ2v) is 3.07. The molecular weight excluding hydrogens is 210 g/mol. The first-order valence-electron chi connectivity index (χ1n) is 3.50. The molecule has 0 aliphatic carbocycles. The van der Waals surface area contributed by atoms with Crippen LogP contribution in [0.2, 0.25) is 0 Å². The van der Waals surface area contributed by atoms with Gasteiger partial charge in [0.25, 0.3) is 0 Å². The molecule has 3 nitrogen and oxygen atoms in total. The molecule has 1 aromatic carbocycles. The number of carbonyl (C=O) groups is 1. The molecule has 0 bridgehead atoms. The number of esters is 1. The summed E-state index contributed by atoms with van der Waals surface area (Å²) in [5.74, 6) is -0.343. The van der Waals surface area contributed by atoms with Crippen molar-refractivity contribution in [1.29, 1.82) is 0 Å². The predicted octanol–water partition coefficient (Wildman–Crippen LogP) is 2.69. The molecule has 0 unspecified atom stereocenters. The van der Waals surface area contributed by atoms with Crippen molar-refractivity contribution in [3.8, 4) is 0 Å². The molecule has 0 saturated carbocycles. The number of halogens is 1. The van der Waals surface area contributed by atoms with Gasteiger partial charge < -0.3 is 9.46 Å². The number of benzene rings is 1. The van der Waals surface area contributed by atoms with Crippen molar-refractivity contribution in [3.63, 3.8) is 0 Å². The highest BCUT2D eigenvalue weighted by Crippen LogP contribution is 2.16. The summed E-state index contributed by atoms with van der Waals surface area (Å²) in [7, 11) is 6.73. The quantitative estimate of drug-likeness (QED) is 0.624. The normalized spacial score (nSPS) is 9.38.